The minimum absolute atomic E-state index is 0.0790. The van der Waals surface area contributed by atoms with Crippen LogP contribution < -0.4 is 5.73 Å². The van der Waals surface area contributed by atoms with Gasteiger partial charge in [0.25, 0.3) is 0 Å². The molecule has 8 nitrogen and oxygen atoms in total. The first-order chi connectivity index (χ1) is 11.7. The smallest absolute Gasteiger partial charge is 0.410 e. The number of carbonyl (C=O) groups excluding carboxylic acids is 1. The van der Waals surface area contributed by atoms with Crippen molar-refractivity contribution in [1.82, 2.24) is 14.8 Å². The molecule has 1 aromatic heterocycles. The predicted octanol–water partition coefficient (Wildman–Crippen LogP) is 2.14. The lowest BCUT2D eigenvalue weighted by Crippen LogP contribution is -2.49. The number of carbonyl (C=O) groups is 1. The predicted molar refractivity (Wildman–Crippen MR) is 101 cm³/mol. The molecule has 9 heteroatoms. The van der Waals surface area contributed by atoms with Gasteiger partial charge in [-0.2, -0.15) is 0 Å². The molecule has 2 rings (SSSR count). The van der Waals surface area contributed by atoms with Crippen molar-refractivity contribution >= 4 is 34.2 Å². The van der Waals surface area contributed by atoms with Crippen molar-refractivity contribution < 1.29 is 9.53 Å². The van der Waals surface area contributed by atoms with Gasteiger partial charge in [0.15, 0.2) is 5.84 Å². The van der Waals surface area contributed by atoms with Gasteiger partial charge in [-0.3, -0.25) is 10.3 Å². The van der Waals surface area contributed by atoms with Crippen molar-refractivity contribution in [2.75, 3.05) is 26.2 Å². The summed E-state index contributed by atoms with van der Waals surface area (Å²) in [6.45, 7) is 9.12. The van der Waals surface area contributed by atoms with Crippen molar-refractivity contribution in [2.45, 2.75) is 32.9 Å². The molecular weight excluding hydrogens is 388 g/mol. The third kappa shape index (κ3) is 5.57. The zero-order valence-corrected chi connectivity index (χ0v) is 16.4. The average Bonchev–Trinajstić information content (AvgIpc) is 2.87. The lowest BCUT2D eigenvalue weighted by Gasteiger charge is -2.35. The molecule has 2 heterocycles. The lowest BCUT2D eigenvalue weighted by atomic mass is 10.2. The van der Waals surface area contributed by atoms with E-state index in [-0.39, 0.29) is 11.9 Å². The second-order valence-electron chi connectivity index (χ2n) is 6.89. The van der Waals surface area contributed by atoms with Crippen LogP contribution in [0, 0.1) is 5.41 Å². The quantitative estimate of drug-likeness (QED) is 0.521. The van der Waals surface area contributed by atoms with Crippen molar-refractivity contribution in [2.24, 2.45) is 10.7 Å². The average molecular weight is 413 g/mol. The van der Waals surface area contributed by atoms with E-state index in [0.717, 1.165) is 29.6 Å². The number of aromatic amines is 1. The Kier molecular flexibility index (Phi) is 6.23. The second-order valence-corrected chi connectivity index (χ2v) is 7.74. The molecule has 1 aliphatic rings. The Morgan fingerprint density at radius 2 is 2.08 bits per heavy atom. The maximum Gasteiger partial charge on any atom is 0.410 e. The maximum absolute atomic E-state index is 12.1. The van der Waals surface area contributed by atoms with Crippen LogP contribution in [0.4, 0.5) is 4.79 Å². The van der Waals surface area contributed by atoms with Crippen LogP contribution in [0.15, 0.2) is 15.5 Å². The van der Waals surface area contributed by atoms with Gasteiger partial charge in [0.05, 0.1) is 12.0 Å². The third-order valence-corrected chi connectivity index (χ3v) is 4.31. The number of aromatic nitrogens is 1. The second kappa shape index (κ2) is 8.01. The molecule has 1 amide bonds. The van der Waals surface area contributed by atoms with Crippen molar-refractivity contribution in [3.05, 3.63) is 21.9 Å². The molecule has 1 saturated heterocycles. The third-order valence-electron chi connectivity index (χ3n) is 3.68. The zero-order chi connectivity index (χ0) is 18.6. The van der Waals surface area contributed by atoms with E-state index in [0.29, 0.717) is 25.3 Å². The number of aliphatic imine (C=N–C) groups is 1. The number of amidine groups is 1. The Hall–Kier alpha value is -1.87. The van der Waals surface area contributed by atoms with Crippen LogP contribution >= 0.6 is 15.9 Å². The highest BCUT2D eigenvalue weighted by Gasteiger charge is 2.26. The molecule has 0 saturated carbocycles. The molecule has 0 atom stereocenters. The molecule has 1 aliphatic heterocycles. The molecular formula is C16H25BrN6O2. The summed E-state index contributed by atoms with van der Waals surface area (Å²) in [6, 6.07) is 1.94. The van der Waals surface area contributed by atoms with Crippen LogP contribution in [0.5, 0.6) is 0 Å². The Morgan fingerprint density at radius 3 is 2.64 bits per heavy atom. The van der Waals surface area contributed by atoms with E-state index in [1.165, 1.54) is 0 Å². The van der Waals surface area contributed by atoms with Gasteiger partial charge in [-0.15, -0.1) is 0 Å². The monoisotopic (exact) mass is 412 g/mol. The number of H-pyrrole nitrogens is 1. The topological polar surface area (TPSA) is 111 Å². The first kappa shape index (κ1) is 19.5. The molecule has 0 bridgehead atoms. The Labute approximate surface area is 156 Å². The Morgan fingerprint density at radius 1 is 1.44 bits per heavy atom. The van der Waals surface area contributed by atoms with Crippen LogP contribution in [0.25, 0.3) is 0 Å². The van der Waals surface area contributed by atoms with E-state index in [4.69, 9.17) is 15.9 Å². The Balaban J connectivity index is 1.89. The van der Waals surface area contributed by atoms with E-state index in [2.05, 4.69) is 30.8 Å². The number of ether oxygens (including phenoxy) is 1. The first-order valence-electron chi connectivity index (χ1n) is 8.10. The maximum atomic E-state index is 12.1. The molecule has 138 valence electrons. The Bertz CT molecular complexity index is 656. The fourth-order valence-corrected chi connectivity index (χ4v) is 3.10. The van der Waals surface area contributed by atoms with E-state index < -0.39 is 5.60 Å². The number of rotatable bonds is 3. The molecule has 0 radical (unpaired) electrons. The summed E-state index contributed by atoms with van der Waals surface area (Å²) in [6.07, 6.45) is 0.843. The molecule has 1 fully saturated rings. The lowest BCUT2D eigenvalue weighted by molar-refractivity contribution is 0.0138. The molecule has 1 aromatic rings. The summed E-state index contributed by atoms with van der Waals surface area (Å²) in [5.41, 5.74) is 6.34. The normalized spacial score (nSPS) is 16.4. The van der Waals surface area contributed by atoms with Gasteiger partial charge in [-0.1, -0.05) is 0 Å². The minimum atomic E-state index is -0.475. The number of nitrogens with two attached hydrogens (primary N) is 1. The van der Waals surface area contributed by atoms with Crippen LogP contribution in [-0.4, -0.2) is 64.8 Å². The number of nitrogens with zero attached hydrogens (tertiary/aromatic N) is 3. The first-order valence-corrected chi connectivity index (χ1v) is 8.90. The summed E-state index contributed by atoms with van der Waals surface area (Å²) in [7, 11) is 0. The summed E-state index contributed by atoms with van der Waals surface area (Å²) in [4.78, 5) is 23.0. The van der Waals surface area contributed by atoms with Gasteiger partial charge in [-0.25, -0.2) is 9.79 Å². The fourth-order valence-electron chi connectivity index (χ4n) is 2.53. The largest absolute Gasteiger partial charge is 0.444 e. The molecule has 4 N–H and O–H groups in total. The molecule has 0 unspecified atom stereocenters. The minimum Gasteiger partial charge on any atom is -0.444 e. The van der Waals surface area contributed by atoms with Gasteiger partial charge in [0.2, 0.25) is 0 Å². The molecule has 0 aromatic carbocycles. The summed E-state index contributed by atoms with van der Waals surface area (Å²) >= 11 is 3.43. The van der Waals surface area contributed by atoms with Crippen LogP contribution in [-0.2, 0) is 11.3 Å². The summed E-state index contributed by atoms with van der Waals surface area (Å²) in [5.74, 6) is 0.0790. The standard InChI is InChI=1S/C16H25BrN6O2/c1-16(2,3)25-15(24)23-6-4-22(5-7-23)9-11-8-12(17)13(21-11)14(19)20-10-18/h8,10,21H,4-7,9H2,1-3H3,(H3,18,19,20). The number of hydrogen-bond acceptors (Lipinski definition) is 4. The van der Waals surface area contributed by atoms with E-state index in [1.54, 1.807) is 4.90 Å². The van der Waals surface area contributed by atoms with Crippen LogP contribution in [0.2, 0.25) is 0 Å². The zero-order valence-electron chi connectivity index (χ0n) is 14.8. The van der Waals surface area contributed by atoms with E-state index in [9.17, 15) is 4.79 Å². The number of nitrogens with one attached hydrogen (secondary N) is 2. The highest BCUT2D eigenvalue weighted by atomic mass is 79.9. The molecule has 0 spiro atoms. The van der Waals surface area contributed by atoms with E-state index >= 15 is 0 Å². The fraction of sp³-hybridized carbons (Fsp3) is 0.562. The van der Waals surface area contributed by atoms with Gasteiger partial charge < -0.3 is 20.4 Å². The molecule has 0 aliphatic carbocycles. The SMILES string of the molecule is CC(C)(C)OC(=O)N1CCN(Cc2cc(Br)c(C(=N)N=CN)[nH]2)CC1. The molecule has 25 heavy (non-hydrogen) atoms. The highest BCUT2D eigenvalue weighted by Crippen LogP contribution is 2.20. The van der Waals surface area contributed by atoms with Gasteiger partial charge in [-0.05, 0) is 42.8 Å². The number of amides is 1. The van der Waals surface area contributed by atoms with Crippen molar-refractivity contribution in [1.29, 1.82) is 5.41 Å². The number of piperazine rings is 1. The van der Waals surface area contributed by atoms with Gasteiger partial charge >= 0.3 is 6.09 Å². The summed E-state index contributed by atoms with van der Waals surface area (Å²) < 4.78 is 6.19. The number of halogens is 1. The van der Waals surface area contributed by atoms with E-state index in [1.807, 2.05) is 26.8 Å². The van der Waals surface area contributed by atoms with Crippen molar-refractivity contribution in [3.8, 4) is 0 Å². The van der Waals surface area contributed by atoms with Crippen LogP contribution in [0.1, 0.15) is 32.2 Å². The van der Waals surface area contributed by atoms with Crippen molar-refractivity contribution in [3.63, 3.8) is 0 Å². The van der Waals surface area contributed by atoms with Crippen LogP contribution in [0.3, 0.4) is 0 Å². The highest BCUT2D eigenvalue weighted by molar-refractivity contribution is 9.10. The number of hydrogen-bond donors (Lipinski definition) is 3. The van der Waals surface area contributed by atoms with Gasteiger partial charge in [0.1, 0.15) is 5.60 Å². The van der Waals surface area contributed by atoms with Gasteiger partial charge in [0, 0.05) is 42.9 Å². The summed E-state index contributed by atoms with van der Waals surface area (Å²) in [5, 5.41) is 7.84.